The number of aliphatic hydroxyl groups is 1. The normalized spacial score (nSPS) is 15.4. The van der Waals surface area contributed by atoms with E-state index >= 15 is 0 Å². The van der Waals surface area contributed by atoms with Crippen molar-refractivity contribution < 1.29 is 19.8 Å². The molecule has 0 aromatic carbocycles. The first-order valence-corrected chi connectivity index (χ1v) is 7.89. The molecule has 0 radical (unpaired) electrons. The van der Waals surface area contributed by atoms with Crippen LogP contribution in [0.1, 0.15) is 52.4 Å². The summed E-state index contributed by atoms with van der Waals surface area (Å²) in [6.45, 7) is 4.39. The molecule has 6 heteroatoms. The number of carbonyl (C=O) groups is 2. The lowest BCUT2D eigenvalue weighted by atomic mass is 9.82. The summed E-state index contributed by atoms with van der Waals surface area (Å²) in [6.07, 6.45) is 4.62. The highest BCUT2D eigenvalue weighted by Gasteiger charge is 2.36. The zero-order valence-electron chi connectivity index (χ0n) is 13.1. The molecule has 0 aliphatic heterocycles. The zero-order chi connectivity index (χ0) is 15.9. The van der Waals surface area contributed by atoms with Crippen molar-refractivity contribution in [3.05, 3.63) is 0 Å². The molecular weight excluding hydrogens is 272 g/mol. The average molecular weight is 300 g/mol. The van der Waals surface area contributed by atoms with Gasteiger partial charge in [-0.1, -0.05) is 13.8 Å². The monoisotopic (exact) mass is 300 g/mol. The number of nitrogens with one attached hydrogen (secondary N) is 1. The topological polar surface area (TPSA) is 89.9 Å². The third-order valence-corrected chi connectivity index (χ3v) is 4.72. The molecule has 0 bridgehead atoms. The highest BCUT2D eigenvalue weighted by atomic mass is 16.4. The fraction of sp³-hybridized carbons (Fsp3) is 0.867. The van der Waals surface area contributed by atoms with E-state index < -0.39 is 11.4 Å². The van der Waals surface area contributed by atoms with Crippen LogP contribution in [0.3, 0.4) is 0 Å². The number of amides is 2. The van der Waals surface area contributed by atoms with E-state index in [9.17, 15) is 14.7 Å². The Hall–Kier alpha value is -1.30. The van der Waals surface area contributed by atoms with Gasteiger partial charge < -0.3 is 20.4 Å². The van der Waals surface area contributed by atoms with Gasteiger partial charge in [-0.05, 0) is 38.5 Å². The van der Waals surface area contributed by atoms with Gasteiger partial charge in [-0.3, -0.25) is 4.79 Å². The van der Waals surface area contributed by atoms with Crippen molar-refractivity contribution in [2.24, 2.45) is 5.41 Å². The second-order valence-electron chi connectivity index (χ2n) is 5.81. The summed E-state index contributed by atoms with van der Waals surface area (Å²) in [5, 5.41) is 21.1. The number of aliphatic carboxylic acids is 1. The minimum Gasteiger partial charge on any atom is -0.481 e. The van der Waals surface area contributed by atoms with Crippen LogP contribution in [-0.2, 0) is 4.79 Å². The van der Waals surface area contributed by atoms with Gasteiger partial charge in [0.1, 0.15) is 0 Å². The maximum absolute atomic E-state index is 12.3. The first-order chi connectivity index (χ1) is 10.0. The van der Waals surface area contributed by atoms with Gasteiger partial charge in [-0.25, -0.2) is 4.79 Å². The molecule has 1 aliphatic rings. The molecule has 1 rings (SSSR count). The lowest BCUT2D eigenvalue weighted by Crippen LogP contribution is -2.52. The van der Waals surface area contributed by atoms with Crippen molar-refractivity contribution in [2.45, 2.75) is 58.4 Å². The molecule has 1 saturated carbocycles. The molecule has 21 heavy (non-hydrogen) atoms. The van der Waals surface area contributed by atoms with Crippen LogP contribution in [0.5, 0.6) is 0 Å². The quantitative estimate of drug-likeness (QED) is 0.606. The van der Waals surface area contributed by atoms with Crippen LogP contribution in [0.2, 0.25) is 0 Å². The average Bonchev–Trinajstić information content (AvgIpc) is 2.42. The number of hydrogen-bond donors (Lipinski definition) is 3. The van der Waals surface area contributed by atoms with Crippen molar-refractivity contribution >= 4 is 12.0 Å². The number of hydrogen-bond acceptors (Lipinski definition) is 3. The third kappa shape index (κ3) is 4.33. The number of carbonyl (C=O) groups excluding carboxylic acids is 1. The van der Waals surface area contributed by atoms with Crippen LogP contribution in [0, 0.1) is 5.41 Å². The minimum absolute atomic E-state index is 0.0550. The van der Waals surface area contributed by atoms with Gasteiger partial charge in [0.15, 0.2) is 0 Å². The zero-order valence-corrected chi connectivity index (χ0v) is 13.1. The molecule has 0 spiro atoms. The molecule has 0 saturated heterocycles. The predicted octanol–water partition coefficient (Wildman–Crippen LogP) is 1.82. The Kier molecular flexibility index (Phi) is 6.95. The number of rotatable bonds is 9. The predicted molar refractivity (Wildman–Crippen MR) is 80.1 cm³/mol. The fourth-order valence-corrected chi connectivity index (χ4v) is 2.61. The molecule has 6 nitrogen and oxygen atoms in total. The second-order valence-corrected chi connectivity index (χ2v) is 5.81. The maximum Gasteiger partial charge on any atom is 0.317 e. The Morgan fingerprint density at radius 3 is 2.29 bits per heavy atom. The van der Waals surface area contributed by atoms with Crippen molar-refractivity contribution in [1.29, 1.82) is 0 Å². The van der Waals surface area contributed by atoms with E-state index in [1.54, 1.807) is 4.90 Å². The lowest BCUT2D eigenvalue weighted by Gasteiger charge is -2.38. The first-order valence-electron chi connectivity index (χ1n) is 7.89. The van der Waals surface area contributed by atoms with Gasteiger partial charge in [0.2, 0.25) is 0 Å². The Bertz CT molecular complexity index is 352. The minimum atomic E-state index is -0.891. The van der Waals surface area contributed by atoms with Gasteiger partial charge in [-0.15, -0.1) is 0 Å². The highest BCUT2D eigenvalue weighted by Crippen LogP contribution is 2.27. The fourth-order valence-electron chi connectivity index (χ4n) is 2.61. The molecule has 0 aromatic rings. The van der Waals surface area contributed by atoms with Crippen LogP contribution >= 0.6 is 0 Å². The van der Waals surface area contributed by atoms with Crippen LogP contribution in [-0.4, -0.2) is 52.9 Å². The van der Waals surface area contributed by atoms with Crippen LogP contribution < -0.4 is 5.32 Å². The second kappa shape index (κ2) is 8.22. The van der Waals surface area contributed by atoms with Gasteiger partial charge >= 0.3 is 12.0 Å². The number of aliphatic hydroxyl groups excluding tert-OH is 1. The molecule has 1 fully saturated rings. The van der Waals surface area contributed by atoms with Crippen LogP contribution in [0.4, 0.5) is 4.79 Å². The Balaban J connectivity index is 2.61. The highest BCUT2D eigenvalue weighted by molar-refractivity contribution is 5.78. The molecule has 0 atom stereocenters. The Morgan fingerprint density at radius 2 is 1.90 bits per heavy atom. The van der Waals surface area contributed by atoms with E-state index in [-0.39, 0.29) is 25.2 Å². The summed E-state index contributed by atoms with van der Waals surface area (Å²) in [5.41, 5.74) is -0.891. The van der Waals surface area contributed by atoms with E-state index in [2.05, 4.69) is 5.32 Å². The standard InChI is InChI=1S/C15H28N2O4/c1-3-15(4-2,13(19)20)11-16-14(21)17(9-6-10-18)12-7-5-8-12/h12,18H,3-11H2,1-2H3,(H,16,21)(H,19,20). The summed E-state index contributed by atoms with van der Waals surface area (Å²) in [6, 6.07) is 0.0275. The SMILES string of the molecule is CCC(CC)(CNC(=O)N(CCCO)C1CCC1)C(=O)O. The van der Waals surface area contributed by atoms with Crippen LogP contribution in [0.25, 0.3) is 0 Å². The molecular formula is C15H28N2O4. The molecule has 0 unspecified atom stereocenters. The summed E-state index contributed by atoms with van der Waals surface area (Å²) in [7, 11) is 0. The van der Waals surface area contributed by atoms with Gasteiger partial charge in [0.25, 0.3) is 0 Å². The van der Waals surface area contributed by atoms with E-state index in [0.717, 1.165) is 19.3 Å². The van der Waals surface area contributed by atoms with Gasteiger partial charge in [-0.2, -0.15) is 0 Å². The van der Waals surface area contributed by atoms with Gasteiger partial charge in [0.05, 0.1) is 5.41 Å². The Morgan fingerprint density at radius 1 is 1.29 bits per heavy atom. The maximum atomic E-state index is 12.3. The van der Waals surface area contributed by atoms with Crippen molar-refractivity contribution in [2.75, 3.05) is 19.7 Å². The van der Waals surface area contributed by atoms with E-state index in [1.165, 1.54) is 0 Å². The number of urea groups is 1. The number of carboxylic acids is 1. The largest absolute Gasteiger partial charge is 0.481 e. The summed E-state index contributed by atoms with van der Waals surface area (Å²) in [4.78, 5) is 25.5. The summed E-state index contributed by atoms with van der Waals surface area (Å²) >= 11 is 0. The number of carboxylic acid groups (broad SMARTS) is 1. The Labute approximate surface area is 126 Å². The van der Waals surface area contributed by atoms with E-state index in [0.29, 0.717) is 25.8 Å². The third-order valence-electron chi connectivity index (χ3n) is 4.72. The molecule has 0 aromatic heterocycles. The van der Waals surface area contributed by atoms with Crippen LogP contribution in [0.15, 0.2) is 0 Å². The van der Waals surface area contributed by atoms with Gasteiger partial charge in [0, 0.05) is 25.7 Å². The number of nitrogens with zero attached hydrogens (tertiary/aromatic N) is 1. The van der Waals surface area contributed by atoms with E-state index in [1.807, 2.05) is 13.8 Å². The molecule has 0 heterocycles. The van der Waals surface area contributed by atoms with Crippen molar-refractivity contribution in [1.82, 2.24) is 10.2 Å². The molecule has 2 amide bonds. The lowest BCUT2D eigenvalue weighted by molar-refractivity contribution is -0.149. The van der Waals surface area contributed by atoms with Crippen molar-refractivity contribution in [3.8, 4) is 0 Å². The summed E-state index contributed by atoms with van der Waals surface area (Å²) < 4.78 is 0. The smallest absolute Gasteiger partial charge is 0.317 e. The first kappa shape index (κ1) is 17.8. The van der Waals surface area contributed by atoms with E-state index in [4.69, 9.17) is 5.11 Å². The molecule has 3 N–H and O–H groups in total. The molecule has 1 aliphatic carbocycles. The van der Waals surface area contributed by atoms with Crippen molar-refractivity contribution in [3.63, 3.8) is 0 Å². The molecule has 122 valence electrons. The summed E-state index contributed by atoms with van der Waals surface area (Å²) in [5.74, 6) is -0.863.